The minimum Gasteiger partial charge on any atom is -0.497 e. The molecule has 0 aliphatic carbocycles. The number of aromatic nitrogens is 2. The summed E-state index contributed by atoms with van der Waals surface area (Å²) in [6.07, 6.45) is 0. The molecule has 2 aromatic carbocycles. The number of ether oxygens (including phenoxy) is 2. The lowest BCUT2D eigenvalue weighted by Gasteiger charge is -2.10. The van der Waals surface area contributed by atoms with E-state index >= 15 is 0 Å². The first-order chi connectivity index (χ1) is 12.2. The smallest absolute Gasteiger partial charge is 0.128 e. The van der Waals surface area contributed by atoms with Crippen LogP contribution in [0.4, 0.5) is 0 Å². The second kappa shape index (κ2) is 8.23. The van der Waals surface area contributed by atoms with Crippen molar-refractivity contribution in [2.45, 2.75) is 10.8 Å². The van der Waals surface area contributed by atoms with E-state index in [0.29, 0.717) is 0 Å². The standard InChI is InChI=1S/C19H17ClN2O2S/c1-23-14-7-9-18(24-2)15(11-14)17-8-10-19(22-21-17)25-12-13-5-3-4-6-16(13)20/h3-11H,12H2,1-2H3. The number of hydrogen-bond donors (Lipinski definition) is 0. The van der Waals surface area contributed by atoms with Gasteiger partial charge in [0.15, 0.2) is 0 Å². The highest BCUT2D eigenvalue weighted by Crippen LogP contribution is 2.33. The van der Waals surface area contributed by atoms with E-state index in [0.717, 1.165) is 44.1 Å². The van der Waals surface area contributed by atoms with E-state index in [1.54, 1.807) is 26.0 Å². The second-order valence-corrected chi connectivity index (χ2v) is 6.61. The van der Waals surface area contributed by atoms with Gasteiger partial charge < -0.3 is 9.47 Å². The number of benzene rings is 2. The van der Waals surface area contributed by atoms with Crippen LogP contribution in [-0.4, -0.2) is 24.4 Å². The van der Waals surface area contributed by atoms with E-state index in [9.17, 15) is 0 Å². The van der Waals surface area contributed by atoms with E-state index in [4.69, 9.17) is 21.1 Å². The highest BCUT2D eigenvalue weighted by atomic mass is 35.5. The molecule has 0 amide bonds. The van der Waals surface area contributed by atoms with Gasteiger partial charge >= 0.3 is 0 Å². The van der Waals surface area contributed by atoms with Gasteiger partial charge in [-0.2, -0.15) is 0 Å². The molecular weight excluding hydrogens is 356 g/mol. The SMILES string of the molecule is COc1ccc(OC)c(-c2ccc(SCc3ccccc3Cl)nn2)c1. The first-order valence-electron chi connectivity index (χ1n) is 7.63. The third-order valence-electron chi connectivity index (χ3n) is 3.66. The zero-order chi connectivity index (χ0) is 17.6. The number of hydrogen-bond acceptors (Lipinski definition) is 5. The molecule has 6 heteroatoms. The van der Waals surface area contributed by atoms with Gasteiger partial charge in [-0.15, -0.1) is 10.2 Å². The van der Waals surface area contributed by atoms with Crippen molar-refractivity contribution < 1.29 is 9.47 Å². The number of rotatable bonds is 6. The fourth-order valence-electron chi connectivity index (χ4n) is 2.32. The van der Waals surface area contributed by atoms with Crippen LogP contribution in [0.3, 0.4) is 0 Å². The predicted molar refractivity (Wildman–Crippen MR) is 102 cm³/mol. The summed E-state index contributed by atoms with van der Waals surface area (Å²) in [4.78, 5) is 0. The Labute approximate surface area is 156 Å². The average molecular weight is 373 g/mol. The average Bonchev–Trinajstić information content (AvgIpc) is 2.67. The Hall–Kier alpha value is -2.24. The lowest BCUT2D eigenvalue weighted by molar-refractivity contribution is 0.404. The minimum atomic E-state index is 0.728. The number of thioether (sulfide) groups is 1. The zero-order valence-corrected chi connectivity index (χ0v) is 15.5. The Bertz CT molecular complexity index is 856. The van der Waals surface area contributed by atoms with Crippen molar-refractivity contribution >= 4 is 23.4 Å². The first-order valence-corrected chi connectivity index (χ1v) is 9.00. The minimum absolute atomic E-state index is 0.728. The summed E-state index contributed by atoms with van der Waals surface area (Å²) in [6.45, 7) is 0. The van der Waals surface area contributed by atoms with Crippen LogP contribution in [0.25, 0.3) is 11.3 Å². The van der Waals surface area contributed by atoms with Gasteiger partial charge in [-0.25, -0.2) is 0 Å². The van der Waals surface area contributed by atoms with Crippen LogP contribution in [0.2, 0.25) is 5.02 Å². The molecule has 25 heavy (non-hydrogen) atoms. The van der Waals surface area contributed by atoms with Gasteiger partial charge in [0, 0.05) is 16.3 Å². The zero-order valence-electron chi connectivity index (χ0n) is 13.9. The summed E-state index contributed by atoms with van der Waals surface area (Å²) in [5.74, 6) is 2.22. The molecular formula is C19H17ClN2O2S. The lowest BCUT2D eigenvalue weighted by Crippen LogP contribution is -1.94. The number of nitrogens with zero attached hydrogens (tertiary/aromatic N) is 2. The first kappa shape index (κ1) is 17.6. The quantitative estimate of drug-likeness (QED) is 0.563. The van der Waals surface area contributed by atoms with Crippen molar-refractivity contribution in [3.05, 3.63) is 65.2 Å². The summed E-state index contributed by atoms with van der Waals surface area (Å²) >= 11 is 7.78. The van der Waals surface area contributed by atoms with Crippen molar-refractivity contribution in [1.29, 1.82) is 0 Å². The van der Waals surface area contributed by atoms with Crippen molar-refractivity contribution in [3.63, 3.8) is 0 Å². The molecule has 0 radical (unpaired) electrons. The molecule has 0 aliphatic rings. The fourth-order valence-corrected chi connectivity index (χ4v) is 3.42. The molecule has 0 N–H and O–H groups in total. The third kappa shape index (κ3) is 4.24. The summed E-state index contributed by atoms with van der Waals surface area (Å²) in [5.41, 5.74) is 2.66. The lowest BCUT2D eigenvalue weighted by atomic mass is 10.1. The Morgan fingerprint density at radius 1 is 0.960 bits per heavy atom. The maximum Gasteiger partial charge on any atom is 0.128 e. The van der Waals surface area contributed by atoms with Gasteiger partial charge in [-0.3, -0.25) is 0 Å². The molecule has 0 fully saturated rings. The van der Waals surface area contributed by atoms with Crippen LogP contribution in [-0.2, 0) is 5.75 Å². The van der Waals surface area contributed by atoms with Gasteiger partial charge in [0.2, 0.25) is 0 Å². The molecule has 0 saturated heterocycles. The van der Waals surface area contributed by atoms with Gasteiger partial charge in [0.1, 0.15) is 16.5 Å². The number of methoxy groups -OCH3 is 2. The van der Waals surface area contributed by atoms with Crippen LogP contribution < -0.4 is 9.47 Å². The Morgan fingerprint density at radius 3 is 2.48 bits per heavy atom. The molecule has 0 saturated carbocycles. The number of halogens is 1. The molecule has 0 spiro atoms. The van der Waals surface area contributed by atoms with E-state index in [2.05, 4.69) is 10.2 Å². The second-order valence-electron chi connectivity index (χ2n) is 5.20. The monoisotopic (exact) mass is 372 g/mol. The van der Waals surface area contributed by atoms with Crippen LogP contribution >= 0.6 is 23.4 Å². The van der Waals surface area contributed by atoms with Gasteiger partial charge in [0.25, 0.3) is 0 Å². The van der Waals surface area contributed by atoms with Crippen LogP contribution in [0.1, 0.15) is 5.56 Å². The maximum atomic E-state index is 6.18. The molecule has 0 bridgehead atoms. The predicted octanol–water partition coefficient (Wildman–Crippen LogP) is 5.11. The molecule has 3 aromatic rings. The normalized spacial score (nSPS) is 10.5. The molecule has 1 heterocycles. The van der Waals surface area contributed by atoms with Crippen molar-refractivity contribution in [2.24, 2.45) is 0 Å². The van der Waals surface area contributed by atoms with E-state index < -0.39 is 0 Å². The van der Waals surface area contributed by atoms with Crippen molar-refractivity contribution in [1.82, 2.24) is 10.2 Å². The molecule has 128 valence electrons. The fraction of sp³-hybridized carbons (Fsp3) is 0.158. The van der Waals surface area contributed by atoms with Crippen LogP contribution in [0, 0.1) is 0 Å². The highest BCUT2D eigenvalue weighted by molar-refractivity contribution is 7.98. The van der Waals surface area contributed by atoms with Gasteiger partial charge in [-0.1, -0.05) is 41.6 Å². The van der Waals surface area contributed by atoms with E-state index in [1.807, 2.05) is 54.6 Å². The largest absolute Gasteiger partial charge is 0.497 e. The topological polar surface area (TPSA) is 44.2 Å². The summed E-state index contributed by atoms with van der Waals surface area (Å²) in [5, 5.41) is 10.2. The Balaban J connectivity index is 1.77. The molecule has 0 unspecified atom stereocenters. The van der Waals surface area contributed by atoms with Gasteiger partial charge in [0.05, 0.1) is 19.9 Å². The van der Waals surface area contributed by atoms with Crippen LogP contribution in [0.15, 0.2) is 59.6 Å². The Kier molecular flexibility index (Phi) is 5.79. The summed E-state index contributed by atoms with van der Waals surface area (Å²) in [6, 6.07) is 17.3. The molecule has 3 rings (SSSR count). The summed E-state index contributed by atoms with van der Waals surface area (Å²) < 4.78 is 10.7. The maximum absolute atomic E-state index is 6.18. The summed E-state index contributed by atoms with van der Waals surface area (Å²) in [7, 11) is 3.26. The van der Waals surface area contributed by atoms with Crippen molar-refractivity contribution in [2.75, 3.05) is 14.2 Å². The van der Waals surface area contributed by atoms with Crippen molar-refractivity contribution in [3.8, 4) is 22.8 Å². The Morgan fingerprint density at radius 2 is 1.80 bits per heavy atom. The van der Waals surface area contributed by atoms with E-state index in [-0.39, 0.29) is 0 Å². The van der Waals surface area contributed by atoms with E-state index in [1.165, 1.54) is 0 Å². The highest BCUT2D eigenvalue weighted by Gasteiger charge is 2.10. The molecule has 0 aliphatic heterocycles. The third-order valence-corrected chi connectivity index (χ3v) is 4.99. The van der Waals surface area contributed by atoms with Crippen LogP contribution in [0.5, 0.6) is 11.5 Å². The molecule has 0 atom stereocenters. The van der Waals surface area contributed by atoms with Gasteiger partial charge in [-0.05, 0) is 42.0 Å². The molecule has 4 nitrogen and oxygen atoms in total. The molecule has 1 aromatic heterocycles.